The van der Waals surface area contributed by atoms with Crippen molar-refractivity contribution in [3.8, 4) is 0 Å². The fourth-order valence-electron chi connectivity index (χ4n) is 0.336. The Labute approximate surface area is 55.0 Å². The van der Waals surface area contributed by atoms with Crippen LogP contribution in [0.1, 0.15) is 13.8 Å². The molecule has 1 atom stereocenters. The van der Waals surface area contributed by atoms with E-state index >= 15 is 0 Å². The molecule has 0 aliphatic rings. The summed E-state index contributed by atoms with van der Waals surface area (Å²) in [4.78, 5) is 0. The van der Waals surface area contributed by atoms with Crippen molar-refractivity contribution in [2.45, 2.75) is 26.3 Å². The zero-order valence-corrected chi connectivity index (χ0v) is 6.06. The van der Waals surface area contributed by atoms with Gasteiger partial charge in [-0.25, -0.2) is 4.39 Å². The van der Waals surface area contributed by atoms with Crippen LogP contribution in [-0.2, 0) is 9.47 Å². The first-order chi connectivity index (χ1) is 4.16. The van der Waals surface area contributed by atoms with Gasteiger partial charge in [0.15, 0.2) is 0 Å². The van der Waals surface area contributed by atoms with E-state index in [0.29, 0.717) is 0 Å². The van der Waals surface area contributed by atoms with Gasteiger partial charge in [0, 0.05) is 7.11 Å². The minimum Gasteiger partial charge on any atom is -0.373 e. The minimum absolute atomic E-state index is 0.0220. The van der Waals surface area contributed by atoms with Crippen molar-refractivity contribution in [1.29, 1.82) is 0 Å². The highest BCUT2D eigenvalue weighted by Gasteiger charge is 2.03. The van der Waals surface area contributed by atoms with E-state index in [1.165, 1.54) is 7.11 Å². The Morgan fingerprint density at radius 3 is 2.33 bits per heavy atom. The fourth-order valence-corrected chi connectivity index (χ4v) is 0.336. The highest BCUT2D eigenvalue weighted by molar-refractivity contribution is 4.39. The summed E-state index contributed by atoms with van der Waals surface area (Å²) in [5.41, 5.74) is 0. The van der Waals surface area contributed by atoms with Crippen LogP contribution >= 0.6 is 0 Å². The summed E-state index contributed by atoms with van der Waals surface area (Å²) in [6, 6.07) is 0. The van der Waals surface area contributed by atoms with Crippen LogP contribution in [0, 0.1) is 0 Å². The van der Waals surface area contributed by atoms with Gasteiger partial charge in [0.1, 0.15) is 6.61 Å². The quantitative estimate of drug-likeness (QED) is 0.580. The smallest absolute Gasteiger partial charge is 0.222 e. The van der Waals surface area contributed by atoms with E-state index < -0.39 is 6.36 Å². The monoisotopic (exact) mass is 136 g/mol. The number of hydrogen-bond donors (Lipinski definition) is 0. The summed E-state index contributed by atoms with van der Waals surface area (Å²) < 4.78 is 21.3. The maximum atomic E-state index is 12.1. The van der Waals surface area contributed by atoms with Gasteiger partial charge in [0.25, 0.3) is 0 Å². The third-order valence-corrected chi connectivity index (χ3v) is 0.816. The van der Waals surface area contributed by atoms with Crippen molar-refractivity contribution in [2.75, 3.05) is 13.7 Å². The SMILES string of the molecule is COC(F)COC(C)C. The number of rotatable bonds is 4. The molecular weight excluding hydrogens is 123 g/mol. The van der Waals surface area contributed by atoms with Crippen molar-refractivity contribution in [3.63, 3.8) is 0 Å². The Kier molecular flexibility index (Phi) is 4.62. The van der Waals surface area contributed by atoms with Crippen molar-refractivity contribution in [1.82, 2.24) is 0 Å². The zero-order chi connectivity index (χ0) is 7.28. The first-order valence-corrected chi connectivity index (χ1v) is 2.95. The van der Waals surface area contributed by atoms with E-state index in [9.17, 15) is 4.39 Å². The summed E-state index contributed by atoms with van der Waals surface area (Å²) in [6.07, 6.45) is -1.22. The van der Waals surface area contributed by atoms with Gasteiger partial charge in [0.05, 0.1) is 6.10 Å². The predicted molar refractivity (Wildman–Crippen MR) is 33.0 cm³/mol. The lowest BCUT2D eigenvalue weighted by Gasteiger charge is -2.09. The van der Waals surface area contributed by atoms with Gasteiger partial charge >= 0.3 is 0 Å². The normalized spacial score (nSPS) is 14.3. The van der Waals surface area contributed by atoms with Crippen molar-refractivity contribution in [2.24, 2.45) is 0 Å². The Bertz CT molecular complexity index is 66.1. The lowest BCUT2D eigenvalue weighted by Crippen LogP contribution is -2.15. The number of alkyl halides is 1. The summed E-state index contributed by atoms with van der Waals surface area (Å²) in [6.45, 7) is 3.72. The second-order valence-electron chi connectivity index (χ2n) is 2.03. The first kappa shape index (κ1) is 8.85. The summed E-state index contributed by atoms with van der Waals surface area (Å²) in [5, 5.41) is 0. The van der Waals surface area contributed by atoms with Gasteiger partial charge in [0.2, 0.25) is 6.36 Å². The van der Waals surface area contributed by atoms with E-state index in [1.807, 2.05) is 13.8 Å². The van der Waals surface area contributed by atoms with Gasteiger partial charge < -0.3 is 9.47 Å². The standard InChI is InChI=1S/C6H13FO2/c1-5(2)9-4-6(7)8-3/h5-6H,4H2,1-3H3. The van der Waals surface area contributed by atoms with Gasteiger partial charge in [-0.05, 0) is 13.8 Å². The van der Waals surface area contributed by atoms with Gasteiger partial charge in [-0.2, -0.15) is 0 Å². The third-order valence-electron chi connectivity index (χ3n) is 0.816. The highest BCUT2D eigenvalue weighted by Crippen LogP contribution is 1.95. The van der Waals surface area contributed by atoms with Crippen molar-refractivity contribution in [3.05, 3.63) is 0 Å². The Balaban J connectivity index is 3.06. The van der Waals surface area contributed by atoms with Crippen LogP contribution in [0.15, 0.2) is 0 Å². The number of hydrogen-bond acceptors (Lipinski definition) is 2. The first-order valence-electron chi connectivity index (χ1n) is 2.95. The van der Waals surface area contributed by atoms with Crippen LogP contribution in [0.5, 0.6) is 0 Å². The maximum Gasteiger partial charge on any atom is 0.222 e. The molecule has 0 aliphatic carbocycles. The average Bonchev–Trinajstić information content (AvgIpc) is 1.83. The molecule has 1 unspecified atom stereocenters. The number of ether oxygens (including phenoxy) is 2. The molecule has 0 amide bonds. The third kappa shape index (κ3) is 5.73. The summed E-state index contributed by atoms with van der Waals surface area (Å²) >= 11 is 0. The van der Waals surface area contributed by atoms with Crippen molar-refractivity contribution >= 4 is 0 Å². The molecule has 9 heavy (non-hydrogen) atoms. The highest BCUT2D eigenvalue weighted by atomic mass is 19.1. The largest absolute Gasteiger partial charge is 0.373 e. The molecule has 0 spiro atoms. The van der Waals surface area contributed by atoms with Crippen LogP contribution < -0.4 is 0 Å². The molecule has 0 N–H and O–H groups in total. The molecule has 0 radical (unpaired) electrons. The lowest BCUT2D eigenvalue weighted by atomic mass is 10.5. The summed E-state index contributed by atoms with van der Waals surface area (Å²) in [7, 11) is 1.31. The molecule has 3 heteroatoms. The van der Waals surface area contributed by atoms with Crippen LogP contribution in [0.2, 0.25) is 0 Å². The molecule has 0 rings (SSSR count). The molecule has 0 aromatic carbocycles. The van der Waals surface area contributed by atoms with Crippen molar-refractivity contribution < 1.29 is 13.9 Å². The molecule has 0 bridgehead atoms. The Hall–Kier alpha value is -0.150. The molecule has 56 valence electrons. The maximum absolute atomic E-state index is 12.1. The molecule has 0 aromatic rings. The van der Waals surface area contributed by atoms with Gasteiger partial charge in [-0.15, -0.1) is 0 Å². The topological polar surface area (TPSA) is 18.5 Å². The fraction of sp³-hybridized carbons (Fsp3) is 1.00. The molecular formula is C6H13FO2. The Morgan fingerprint density at radius 1 is 1.44 bits per heavy atom. The average molecular weight is 136 g/mol. The molecule has 0 aromatic heterocycles. The van der Waals surface area contributed by atoms with E-state index in [1.54, 1.807) is 0 Å². The van der Waals surface area contributed by atoms with Gasteiger partial charge in [-0.1, -0.05) is 0 Å². The minimum atomic E-state index is -1.28. The zero-order valence-electron chi connectivity index (χ0n) is 6.06. The van der Waals surface area contributed by atoms with E-state index in [0.717, 1.165) is 0 Å². The second kappa shape index (κ2) is 4.70. The number of methoxy groups -OCH3 is 1. The molecule has 0 fully saturated rings. The summed E-state index contributed by atoms with van der Waals surface area (Å²) in [5.74, 6) is 0. The lowest BCUT2D eigenvalue weighted by molar-refractivity contribution is -0.0798. The van der Waals surface area contributed by atoms with Crippen LogP contribution in [0.3, 0.4) is 0 Å². The van der Waals surface area contributed by atoms with Gasteiger partial charge in [-0.3, -0.25) is 0 Å². The predicted octanol–water partition coefficient (Wildman–Crippen LogP) is 1.35. The molecule has 0 saturated carbocycles. The molecule has 0 saturated heterocycles. The van der Waals surface area contributed by atoms with E-state index in [2.05, 4.69) is 4.74 Å². The van der Waals surface area contributed by atoms with Crippen LogP contribution in [0.4, 0.5) is 4.39 Å². The van der Waals surface area contributed by atoms with E-state index in [4.69, 9.17) is 4.74 Å². The molecule has 0 aliphatic heterocycles. The van der Waals surface area contributed by atoms with E-state index in [-0.39, 0.29) is 12.7 Å². The van der Waals surface area contributed by atoms with Crippen LogP contribution in [-0.4, -0.2) is 26.2 Å². The molecule has 0 heterocycles. The Morgan fingerprint density at radius 2 is 2.00 bits per heavy atom. The van der Waals surface area contributed by atoms with Crippen LogP contribution in [0.25, 0.3) is 0 Å². The second-order valence-corrected chi connectivity index (χ2v) is 2.03. The molecule has 2 nitrogen and oxygen atoms in total. The number of halogens is 1.